The van der Waals surface area contributed by atoms with E-state index in [-0.39, 0.29) is 69.7 Å². The van der Waals surface area contributed by atoms with Gasteiger partial charge >= 0.3 is 29.6 Å². The van der Waals surface area contributed by atoms with Crippen LogP contribution < -0.4 is 44.3 Å². The number of thiophene rings is 1. The molecule has 44 heavy (non-hydrogen) atoms. The normalized spacial score (nSPS) is 25.8. The third-order valence-electron chi connectivity index (χ3n) is 9.17. The van der Waals surface area contributed by atoms with Crippen LogP contribution in [0.15, 0.2) is 30.5 Å². The van der Waals surface area contributed by atoms with Gasteiger partial charge in [0.05, 0.1) is 21.4 Å². The molecule has 3 atom stereocenters. The van der Waals surface area contributed by atoms with Gasteiger partial charge in [0.15, 0.2) is 0 Å². The number of rotatable bonds is 8. The maximum atomic E-state index is 14.5. The number of carbonyl (C=O) groups is 2. The number of carboxylic acids is 1. The summed E-state index contributed by atoms with van der Waals surface area (Å²) >= 11 is 1.12. The molecular formula is C35H46N3NaO4S. The molecule has 0 bridgehead atoms. The molecule has 2 aromatic rings. The summed E-state index contributed by atoms with van der Waals surface area (Å²) in [4.78, 5) is 36.5. The van der Waals surface area contributed by atoms with Crippen LogP contribution in [0.2, 0.25) is 0 Å². The molecule has 9 heteroatoms. The van der Waals surface area contributed by atoms with E-state index < -0.39 is 5.97 Å². The zero-order valence-electron chi connectivity index (χ0n) is 27.1. The largest absolute Gasteiger partial charge is 1.00 e. The van der Waals surface area contributed by atoms with Gasteiger partial charge in [-0.2, -0.15) is 0 Å². The molecule has 0 radical (unpaired) electrons. The van der Waals surface area contributed by atoms with Crippen molar-refractivity contribution in [2.75, 3.05) is 24.5 Å². The molecule has 1 aliphatic heterocycles. The van der Waals surface area contributed by atoms with Crippen LogP contribution in [-0.4, -0.2) is 53.5 Å². The van der Waals surface area contributed by atoms with Gasteiger partial charge < -0.3 is 24.4 Å². The minimum Gasteiger partial charge on any atom is -0.544 e. The van der Waals surface area contributed by atoms with Gasteiger partial charge in [-0.05, 0) is 110 Å². The zero-order valence-corrected chi connectivity index (χ0v) is 30.0. The Hall–Kier alpha value is -1.89. The molecule has 2 unspecified atom stereocenters. The molecule has 1 saturated heterocycles. The Morgan fingerprint density at radius 1 is 1.11 bits per heavy atom. The number of aromatic nitrogens is 1. The van der Waals surface area contributed by atoms with Crippen molar-refractivity contribution >= 4 is 28.9 Å². The zero-order chi connectivity index (χ0) is 30.6. The monoisotopic (exact) mass is 627 g/mol. The number of hydrogen-bond acceptors (Lipinski definition) is 7. The molecular weight excluding hydrogens is 581 g/mol. The second-order valence-electron chi connectivity index (χ2n) is 13.8. The minimum absolute atomic E-state index is 0. The van der Waals surface area contributed by atoms with Gasteiger partial charge in [-0.15, -0.1) is 11.3 Å². The van der Waals surface area contributed by atoms with Crippen molar-refractivity contribution < 1.29 is 49.0 Å². The van der Waals surface area contributed by atoms with Crippen LogP contribution >= 0.6 is 11.3 Å². The predicted molar refractivity (Wildman–Crippen MR) is 169 cm³/mol. The molecule has 5 rings (SSSR count). The second kappa shape index (κ2) is 15.6. The molecule has 3 heterocycles. The van der Waals surface area contributed by atoms with Gasteiger partial charge in [-0.1, -0.05) is 24.8 Å². The molecule has 0 N–H and O–H groups in total. The number of ether oxygens (including phenoxy) is 1. The molecule has 0 aromatic carbocycles. The Bertz CT molecular complexity index is 1320. The molecule has 2 aromatic heterocycles. The third kappa shape index (κ3) is 9.10. The molecule has 3 fully saturated rings. The second-order valence-corrected chi connectivity index (χ2v) is 14.9. The molecule has 232 valence electrons. The Labute approximate surface area is 289 Å². The number of carboxylic acid groups (broad SMARTS) is 1. The van der Waals surface area contributed by atoms with E-state index >= 15 is 0 Å². The first-order valence-electron chi connectivity index (χ1n) is 16.1. The predicted octanol–water partition coefficient (Wildman–Crippen LogP) is 2.78. The van der Waals surface area contributed by atoms with Crippen LogP contribution in [0.3, 0.4) is 0 Å². The van der Waals surface area contributed by atoms with Crippen molar-refractivity contribution in [3.05, 3.63) is 40.2 Å². The van der Waals surface area contributed by atoms with Crippen LogP contribution in [0.5, 0.6) is 5.88 Å². The number of hydrogen-bond donors (Lipinski definition) is 0. The van der Waals surface area contributed by atoms with Gasteiger partial charge in [0.25, 0.3) is 0 Å². The number of anilines is 1. The van der Waals surface area contributed by atoms with Crippen LogP contribution in [0, 0.1) is 35.0 Å². The van der Waals surface area contributed by atoms with Crippen LogP contribution in [0.4, 0.5) is 5.69 Å². The molecule has 7 nitrogen and oxygen atoms in total. The summed E-state index contributed by atoms with van der Waals surface area (Å²) in [5.74, 6) is 6.53. The summed E-state index contributed by atoms with van der Waals surface area (Å²) in [6, 6.07) is 7.42. The van der Waals surface area contributed by atoms with Gasteiger partial charge in [-0.3, -0.25) is 4.79 Å². The number of carbonyl (C=O) groups excluding carboxylic acids is 2. The van der Waals surface area contributed by atoms with Gasteiger partial charge in [0.1, 0.15) is 6.10 Å². The van der Waals surface area contributed by atoms with Crippen molar-refractivity contribution in [2.24, 2.45) is 23.2 Å². The van der Waals surface area contributed by atoms with Crippen LogP contribution in [0.25, 0.3) is 0 Å². The summed E-state index contributed by atoms with van der Waals surface area (Å²) in [5, 5.41) is 12.5. The van der Waals surface area contributed by atoms with Crippen LogP contribution in [-0.2, 0) is 4.79 Å². The number of amides is 1. The summed E-state index contributed by atoms with van der Waals surface area (Å²) in [7, 11) is 0. The quantitative estimate of drug-likeness (QED) is 0.331. The number of aromatic carboxylic acids is 1. The van der Waals surface area contributed by atoms with Crippen molar-refractivity contribution in [3.8, 4) is 17.7 Å². The minimum atomic E-state index is -1.25. The van der Waals surface area contributed by atoms with E-state index in [1.54, 1.807) is 6.20 Å². The average Bonchev–Trinajstić information content (AvgIpc) is 3.64. The van der Waals surface area contributed by atoms with Gasteiger partial charge in [0, 0.05) is 42.1 Å². The van der Waals surface area contributed by atoms with E-state index in [4.69, 9.17) is 4.74 Å². The standard InChI is InChI=1S/C35H47N3O4S.Na/c1-24-10-12-25(13-11-24)33(39)38(29-22-28(16-17-35(2,3)4)43-32(29)34(40)41)27-14-15-30(42-31-9-5-6-18-36-31)26(21-27)23-37-19-7-8-20-37;/h5-6,9,18,22,24-27,30H,7-8,10-15,19-21,23H2,1-4H3,(H,40,41);/q;+1/p-1/t24?,25?,26?,27-,30?;/m1./s1. The van der Waals surface area contributed by atoms with Crippen molar-refractivity contribution in [1.82, 2.24) is 9.88 Å². The van der Waals surface area contributed by atoms with E-state index in [1.807, 2.05) is 49.9 Å². The van der Waals surface area contributed by atoms with E-state index in [2.05, 4.69) is 28.6 Å². The fraction of sp³-hybridized carbons (Fsp3) is 0.629. The fourth-order valence-electron chi connectivity index (χ4n) is 6.88. The topological polar surface area (TPSA) is 85.8 Å². The average molecular weight is 628 g/mol. The van der Waals surface area contributed by atoms with Crippen molar-refractivity contribution in [1.29, 1.82) is 0 Å². The molecule has 2 saturated carbocycles. The first-order valence-corrected chi connectivity index (χ1v) is 16.9. The summed E-state index contributed by atoms with van der Waals surface area (Å²) < 4.78 is 6.47. The first kappa shape index (κ1) is 35.0. The Kier molecular flexibility index (Phi) is 12.4. The van der Waals surface area contributed by atoms with Gasteiger partial charge in [0.2, 0.25) is 11.8 Å². The van der Waals surface area contributed by atoms with Gasteiger partial charge in [-0.25, -0.2) is 4.98 Å². The number of pyridine rings is 1. The van der Waals surface area contributed by atoms with E-state index in [9.17, 15) is 14.7 Å². The van der Waals surface area contributed by atoms with E-state index in [0.717, 1.165) is 75.9 Å². The summed E-state index contributed by atoms with van der Waals surface area (Å²) in [6.45, 7) is 11.4. The SMILES string of the molecule is CC1CCC(C(=O)N(c2cc(C#CC(C)(C)C)sc2C(=O)[O-])[C@@H]2CCC(Oc3ccccn3)C(CN3CCCC3)C2)CC1.[Na+]. The van der Waals surface area contributed by atoms with Crippen molar-refractivity contribution in [2.45, 2.75) is 97.6 Å². The fourth-order valence-corrected chi connectivity index (χ4v) is 7.72. The van der Waals surface area contributed by atoms with E-state index in [1.165, 1.54) is 12.8 Å². The van der Waals surface area contributed by atoms with Crippen molar-refractivity contribution in [3.63, 3.8) is 0 Å². The summed E-state index contributed by atoms with van der Waals surface area (Å²) in [6.07, 6.45) is 10.1. The van der Waals surface area contributed by atoms with E-state index in [0.29, 0.717) is 22.4 Å². The molecule has 2 aliphatic carbocycles. The first-order chi connectivity index (χ1) is 20.6. The number of likely N-dealkylation sites (tertiary alicyclic amines) is 1. The third-order valence-corrected chi connectivity index (χ3v) is 10.2. The maximum absolute atomic E-state index is 14.5. The molecule has 0 spiro atoms. The Balaban J connectivity index is 0.00000442. The Morgan fingerprint density at radius 3 is 2.48 bits per heavy atom. The molecule has 1 amide bonds. The summed E-state index contributed by atoms with van der Waals surface area (Å²) in [5.41, 5.74) is 0.232. The Morgan fingerprint density at radius 2 is 1.84 bits per heavy atom. The number of nitrogens with zero attached hydrogens (tertiary/aromatic N) is 3. The smallest absolute Gasteiger partial charge is 0.544 e. The maximum Gasteiger partial charge on any atom is 1.00 e. The molecule has 3 aliphatic rings. The van der Waals surface area contributed by atoms with Crippen LogP contribution in [0.1, 0.15) is 100 Å².